The number of aryl methyl sites for hydroxylation is 1. The van der Waals surface area contributed by atoms with Gasteiger partial charge in [-0.1, -0.05) is 32.0 Å². The van der Waals surface area contributed by atoms with Gasteiger partial charge in [0.1, 0.15) is 5.82 Å². The molecule has 124 valence electrons. The second-order valence-electron chi connectivity index (χ2n) is 6.31. The molecule has 0 fully saturated rings. The van der Waals surface area contributed by atoms with Gasteiger partial charge in [0.2, 0.25) is 5.95 Å². The third-order valence-electron chi connectivity index (χ3n) is 3.68. The Morgan fingerprint density at radius 2 is 1.96 bits per heavy atom. The first kappa shape index (κ1) is 17.2. The molecule has 1 heterocycles. The van der Waals surface area contributed by atoms with E-state index >= 15 is 0 Å². The van der Waals surface area contributed by atoms with E-state index in [1.54, 1.807) is 6.20 Å². The second-order valence-corrected chi connectivity index (χ2v) is 6.31. The van der Waals surface area contributed by atoms with Crippen molar-refractivity contribution in [1.82, 2.24) is 14.9 Å². The largest absolute Gasteiger partial charge is 0.369 e. The summed E-state index contributed by atoms with van der Waals surface area (Å²) in [5.41, 5.74) is 3.58. The normalized spacial score (nSPS) is 11.1. The molecule has 5 nitrogen and oxygen atoms in total. The van der Waals surface area contributed by atoms with E-state index in [-0.39, 0.29) is 0 Å². The lowest BCUT2D eigenvalue weighted by atomic mass is 9.98. The fourth-order valence-corrected chi connectivity index (χ4v) is 2.38. The molecule has 0 saturated carbocycles. The van der Waals surface area contributed by atoms with E-state index in [0.717, 1.165) is 24.6 Å². The van der Waals surface area contributed by atoms with Crippen LogP contribution < -0.4 is 10.6 Å². The summed E-state index contributed by atoms with van der Waals surface area (Å²) in [6.07, 6.45) is 1.78. The molecule has 0 atom stereocenters. The zero-order chi connectivity index (χ0) is 16.8. The maximum Gasteiger partial charge on any atom is 0.229 e. The lowest BCUT2D eigenvalue weighted by Gasteiger charge is -2.17. The van der Waals surface area contributed by atoms with Crippen molar-refractivity contribution in [2.75, 3.05) is 37.8 Å². The average Bonchev–Trinajstić information content (AvgIpc) is 2.49. The van der Waals surface area contributed by atoms with Gasteiger partial charge in [-0.15, -0.1) is 0 Å². The quantitative estimate of drug-likeness (QED) is 0.817. The zero-order valence-electron chi connectivity index (χ0n) is 14.7. The fourth-order valence-electron chi connectivity index (χ4n) is 2.38. The number of nitrogens with one attached hydrogen (secondary N) is 2. The van der Waals surface area contributed by atoms with Crippen molar-refractivity contribution >= 4 is 17.5 Å². The molecule has 5 heteroatoms. The number of hydrogen-bond donors (Lipinski definition) is 2. The maximum absolute atomic E-state index is 4.55. The molecule has 0 aliphatic carbocycles. The van der Waals surface area contributed by atoms with Crippen LogP contribution in [0.5, 0.6) is 0 Å². The summed E-state index contributed by atoms with van der Waals surface area (Å²) in [4.78, 5) is 11.0. The van der Waals surface area contributed by atoms with Crippen molar-refractivity contribution in [2.24, 2.45) is 0 Å². The van der Waals surface area contributed by atoms with Crippen LogP contribution >= 0.6 is 0 Å². The van der Waals surface area contributed by atoms with E-state index in [1.165, 1.54) is 11.1 Å². The van der Waals surface area contributed by atoms with E-state index < -0.39 is 0 Å². The highest BCUT2D eigenvalue weighted by Crippen LogP contribution is 2.29. The van der Waals surface area contributed by atoms with Gasteiger partial charge in [0.25, 0.3) is 0 Å². The second kappa shape index (κ2) is 7.92. The summed E-state index contributed by atoms with van der Waals surface area (Å²) in [5, 5.41) is 6.71. The van der Waals surface area contributed by atoms with Gasteiger partial charge in [-0.3, -0.25) is 0 Å². The molecule has 0 aliphatic heterocycles. The van der Waals surface area contributed by atoms with Crippen molar-refractivity contribution in [3.8, 4) is 0 Å². The summed E-state index contributed by atoms with van der Waals surface area (Å²) in [6.45, 7) is 8.31. The number of rotatable bonds is 7. The Bertz CT molecular complexity index is 637. The van der Waals surface area contributed by atoms with Crippen LogP contribution in [-0.2, 0) is 0 Å². The predicted molar refractivity (Wildman–Crippen MR) is 97.6 cm³/mol. The molecule has 0 aliphatic rings. The minimum Gasteiger partial charge on any atom is -0.369 e. The summed E-state index contributed by atoms with van der Waals surface area (Å²) >= 11 is 0. The lowest BCUT2D eigenvalue weighted by Crippen LogP contribution is -2.21. The first-order chi connectivity index (χ1) is 11.0. The molecule has 2 N–H and O–H groups in total. The molecule has 0 amide bonds. The van der Waals surface area contributed by atoms with Crippen LogP contribution in [0.15, 0.2) is 30.5 Å². The van der Waals surface area contributed by atoms with Crippen LogP contribution in [0.4, 0.5) is 17.5 Å². The van der Waals surface area contributed by atoms with Gasteiger partial charge in [0, 0.05) is 25.0 Å². The molecule has 0 radical (unpaired) electrons. The molecule has 1 aromatic carbocycles. The monoisotopic (exact) mass is 313 g/mol. The van der Waals surface area contributed by atoms with E-state index in [0.29, 0.717) is 11.9 Å². The van der Waals surface area contributed by atoms with Gasteiger partial charge in [0.15, 0.2) is 0 Å². The van der Waals surface area contributed by atoms with Gasteiger partial charge in [-0.25, -0.2) is 4.98 Å². The number of hydrogen-bond acceptors (Lipinski definition) is 5. The Morgan fingerprint density at radius 3 is 2.65 bits per heavy atom. The van der Waals surface area contributed by atoms with Gasteiger partial charge >= 0.3 is 0 Å². The Morgan fingerprint density at radius 1 is 1.17 bits per heavy atom. The Labute approximate surface area is 139 Å². The predicted octanol–water partition coefficient (Wildman–Crippen LogP) is 3.63. The fraction of sp³-hybridized carbons (Fsp3) is 0.444. The average molecular weight is 313 g/mol. The van der Waals surface area contributed by atoms with Crippen LogP contribution in [0.25, 0.3) is 0 Å². The minimum atomic E-state index is 0.443. The number of anilines is 3. The first-order valence-corrected chi connectivity index (χ1v) is 8.05. The highest BCUT2D eigenvalue weighted by molar-refractivity contribution is 5.64. The molecule has 0 spiro atoms. The van der Waals surface area contributed by atoms with Crippen LogP contribution in [0.3, 0.4) is 0 Å². The van der Waals surface area contributed by atoms with Crippen molar-refractivity contribution in [3.63, 3.8) is 0 Å². The smallest absolute Gasteiger partial charge is 0.229 e. The number of benzene rings is 1. The van der Waals surface area contributed by atoms with Gasteiger partial charge in [-0.2, -0.15) is 4.98 Å². The zero-order valence-corrected chi connectivity index (χ0v) is 14.7. The molecule has 23 heavy (non-hydrogen) atoms. The van der Waals surface area contributed by atoms with Crippen molar-refractivity contribution in [2.45, 2.75) is 26.7 Å². The molecular weight excluding hydrogens is 286 g/mol. The minimum absolute atomic E-state index is 0.443. The van der Waals surface area contributed by atoms with Gasteiger partial charge in [-0.05, 0) is 44.1 Å². The van der Waals surface area contributed by atoms with Gasteiger partial charge < -0.3 is 15.5 Å². The third kappa shape index (κ3) is 4.93. The highest BCUT2D eigenvalue weighted by Gasteiger charge is 2.10. The topological polar surface area (TPSA) is 53.1 Å². The number of nitrogens with zero attached hydrogens (tertiary/aromatic N) is 3. The van der Waals surface area contributed by atoms with Crippen LogP contribution in [0.2, 0.25) is 0 Å². The Kier molecular flexibility index (Phi) is 5.93. The molecule has 0 unspecified atom stereocenters. The standard InChI is InChI=1S/C18H27N5/c1-13(2)15-8-6-7-14(3)17(15)22-18-20-10-9-16(21-18)19-11-12-23(4)5/h6-10,13H,11-12H2,1-5H3,(H2,19,20,21,22). The lowest BCUT2D eigenvalue weighted by molar-refractivity contribution is 0.425. The van der Waals surface area contributed by atoms with Crippen molar-refractivity contribution < 1.29 is 0 Å². The summed E-state index contributed by atoms with van der Waals surface area (Å²) in [7, 11) is 4.11. The van der Waals surface area contributed by atoms with Crippen LogP contribution in [0, 0.1) is 6.92 Å². The molecule has 0 saturated heterocycles. The van der Waals surface area contributed by atoms with E-state index in [4.69, 9.17) is 0 Å². The van der Waals surface area contributed by atoms with E-state index in [2.05, 4.69) is 78.6 Å². The van der Waals surface area contributed by atoms with Crippen LogP contribution in [-0.4, -0.2) is 42.1 Å². The maximum atomic E-state index is 4.55. The molecular formula is C18H27N5. The Hall–Kier alpha value is -2.14. The first-order valence-electron chi connectivity index (χ1n) is 8.05. The molecule has 2 aromatic rings. The molecule has 1 aromatic heterocycles. The molecule has 2 rings (SSSR count). The van der Waals surface area contributed by atoms with Crippen molar-refractivity contribution in [3.05, 3.63) is 41.6 Å². The van der Waals surface area contributed by atoms with Crippen LogP contribution in [0.1, 0.15) is 30.9 Å². The SMILES string of the molecule is Cc1cccc(C(C)C)c1Nc1nccc(NCCN(C)C)n1. The molecule has 0 bridgehead atoms. The third-order valence-corrected chi connectivity index (χ3v) is 3.68. The summed E-state index contributed by atoms with van der Waals surface area (Å²) in [5.74, 6) is 1.90. The summed E-state index contributed by atoms with van der Waals surface area (Å²) in [6, 6.07) is 8.24. The highest BCUT2D eigenvalue weighted by atomic mass is 15.2. The van der Waals surface area contributed by atoms with E-state index in [9.17, 15) is 0 Å². The van der Waals surface area contributed by atoms with Crippen molar-refractivity contribution in [1.29, 1.82) is 0 Å². The number of aromatic nitrogens is 2. The summed E-state index contributed by atoms with van der Waals surface area (Å²) < 4.78 is 0. The number of para-hydroxylation sites is 1. The Balaban J connectivity index is 2.15. The number of likely N-dealkylation sites (N-methyl/N-ethyl adjacent to an activating group) is 1. The van der Waals surface area contributed by atoms with Gasteiger partial charge in [0.05, 0.1) is 0 Å². The van der Waals surface area contributed by atoms with E-state index in [1.807, 2.05) is 6.07 Å².